The summed E-state index contributed by atoms with van der Waals surface area (Å²) in [5.74, 6) is 0. The molecule has 60 valence electrons. The maximum Gasteiger partial charge on any atom is 1.00 e. The fourth-order valence-electron chi connectivity index (χ4n) is 0.836. The van der Waals surface area contributed by atoms with Crippen molar-refractivity contribution in [3.8, 4) is 0 Å². The van der Waals surface area contributed by atoms with E-state index in [-0.39, 0.29) is 51.4 Å². The molecule has 1 aromatic carbocycles. The maximum absolute atomic E-state index is 10.4. The van der Waals surface area contributed by atoms with E-state index >= 15 is 0 Å². The predicted molar refractivity (Wildman–Crippen MR) is 43.0 cm³/mol. The Morgan fingerprint density at radius 1 is 1.33 bits per heavy atom. The number of aryl methyl sites for hydroxylation is 1. The monoisotopic (exact) mass is 208 g/mol. The van der Waals surface area contributed by atoms with Crippen LogP contribution in [0.2, 0.25) is 0 Å². The minimum absolute atomic E-state index is 0. The van der Waals surface area contributed by atoms with E-state index in [2.05, 4.69) is 0 Å². The Labute approximate surface area is 117 Å². The molecule has 0 heterocycles. The van der Waals surface area contributed by atoms with Gasteiger partial charge in [0.1, 0.15) is 0 Å². The second kappa shape index (κ2) is 6.42. The van der Waals surface area contributed by atoms with Gasteiger partial charge in [0.15, 0.2) is 0 Å². The van der Waals surface area contributed by atoms with Gasteiger partial charge in [-0.05, 0) is 35.2 Å². The van der Waals surface area contributed by atoms with E-state index < -0.39 is 11.1 Å². The van der Waals surface area contributed by atoms with Gasteiger partial charge in [0, 0.05) is 4.90 Å². The summed E-state index contributed by atoms with van der Waals surface area (Å²) in [6.07, 6.45) is 0.936. The third-order valence-electron chi connectivity index (χ3n) is 1.52. The predicted octanol–water partition coefficient (Wildman–Crippen LogP) is -1.51. The Bertz CT molecular complexity index is 258. The molecule has 0 aromatic heterocycles. The van der Waals surface area contributed by atoms with Crippen molar-refractivity contribution >= 4 is 11.1 Å². The van der Waals surface area contributed by atoms with Gasteiger partial charge < -0.3 is 4.55 Å². The second-order valence-electron chi connectivity index (χ2n) is 2.23. The van der Waals surface area contributed by atoms with E-state index in [1.165, 1.54) is 0 Å². The van der Waals surface area contributed by atoms with Gasteiger partial charge in [-0.1, -0.05) is 19.1 Å². The SMILES string of the molecule is CCc1ccc(S(=O)[O-])cc1.[K+]. The van der Waals surface area contributed by atoms with Crippen molar-refractivity contribution in [2.75, 3.05) is 0 Å². The molecule has 0 saturated heterocycles. The van der Waals surface area contributed by atoms with Crippen LogP contribution in [0.25, 0.3) is 0 Å². The number of hydrogen-bond acceptors (Lipinski definition) is 2. The third kappa shape index (κ3) is 3.78. The largest absolute Gasteiger partial charge is 1.00 e. The topological polar surface area (TPSA) is 40.1 Å². The Hall–Kier alpha value is 0.966. The zero-order valence-electron chi connectivity index (χ0n) is 7.24. The van der Waals surface area contributed by atoms with Crippen molar-refractivity contribution in [2.45, 2.75) is 18.2 Å². The van der Waals surface area contributed by atoms with Crippen molar-refractivity contribution in [1.82, 2.24) is 0 Å². The zero-order chi connectivity index (χ0) is 8.27. The molecule has 0 aliphatic heterocycles. The van der Waals surface area contributed by atoms with Crippen LogP contribution in [0.15, 0.2) is 29.2 Å². The molecule has 1 unspecified atom stereocenters. The molecule has 2 nitrogen and oxygen atoms in total. The molecule has 0 aliphatic rings. The molecule has 0 bridgehead atoms. The molecule has 0 N–H and O–H groups in total. The fourth-order valence-corrected chi connectivity index (χ4v) is 1.19. The first kappa shape index (κ1) is 13.0. The van der Waals surface area contributed by atoms with Gasteiger partial charge in [-0.2, -0.15) is 0 Å². The molecule has 1 aromatic rings. The van der Waals surface area contributed by atoms with Gasteiger partial charge in [-0.3, -0.25) is 4.21 Å². The van der Waals surface area contributed by atoms with Crippen molar-refractivity contribution in [1.29, 1.82) is 0 Å². The molecule has 0 amide bonds. The molecule has 0 radical (unpaired) electrons. The normalized spacial score (nSPS) is 11.8. The third-order valence-corrected chi connectivity index (χ3v) is 2.18. The van der Waals surface area contributed by atoms with E-state index in [9.17, 15) is 8.76 Å². The van der Waals surface area contributed by atoms with Gasteiger partial charge in [0.2, 0.25) is 0 Å². The fraction of sp³-hybridized carbons (Fsp3) is 0.250. The molecule has 4 heteroatoms. The molecule has 12 heavy (non-hydrogen) atoms. The quantitative estimate of drug-likeness (QED) is 0.438. The molecule has 1 rings (SSSR count). The second-order valence-corrected chi connectivity index (χ2v) is 3.17. The van der Waals surface area contributed by atoms with E-state index in [4.69, 9.17) is 0 Å². The van der Waals surface area contributed by atoms with E-state index in [1.807, 2.05) is 19.1 Å². The summed E-state index contributed by atoms with van der Waals surface area (Å²) in [6, 6.07) is 6.88. The van der Waals surface area contributed by atoms with Gasteiger partial charge in [0.25, 0.3) is 0 Å². The van der Waals surface area contributed by atoms with Gasteiger partial charge in [-0.15, -0.1) is 0 Å². The van der Waals surface area contributed by atoms with Crippen molar-refractivity contribution in [3.05, 3.63) is 29.8 Å². The summed E-state index contributed by atoms with van der Waals surface area (Å²) in [5.41, 5.74) is 1.15. The Kier molecular flexibility index (Phi) is 6.94. The van der Waals surface area contributed by atoms with Crippen LogP contribution in [-0.4, -0.2) is 8.76 Å². The van der Waals surface area contributed by atoms with Crippen LogP contribution in [0.1, 0.15) is 12.5 Å². The van der Waals surface area contributed by atoms with Crippen LogP contribution in [0.3, 0.4) is 0 Å². The first-order valence-corrected chi connectivity index (χ1v) is 4.49. The molecule has 1 atom stereocenters. The van der Waals surface area contributed by atoms with Gasteiger partial charge >= 0.3 is 51.4 Å². The first-order chi connectivity index (χ1) is 5.24. The molecule has 0 fully saturated rings. The summed E-state index contributed by atoms with van der Waals surface area (Å²) in [4.78, 5) is 0.349. The summed E-state index contributed by atoms with van der Waals surface area (Å²) in [6.45, 7) is 2.03. The average molecular weight is 208 g/mol. The van der Waals surface area contributed by atoms with Crippen LogP contribution in [-0.2, 0) is 17.5 Å². The Morgan fingerprint density at radius 3 is 2.17 bits per heavy atom. The van der Waals surface area contributed by atoms with Crippen molar-refractivity contribution in [2.24, 2.45) is 0 Å². The van der Waals surface area contributed by atoms with E-state index in [0.29, 0.717) is 4.90 Å². The minimum Gasteiger partial charge on any atom is -0.768 e. The number of rotatable bonds is 2. The summed E-state index contributed by atoms with van der Waals surface area (Å²) in [5, 5.41) is 0. The Morgan fingerprint density at radius 2 is 1.83 bits per heavy atom. The van der Waals surface area contributed by atoms with Crippen LogP contribution in [0.4, 0.5) is 0 Å². The first-order valence-electron chi connectivity index (χ1n) is 3.42. The standard InChI is InChI=1S/C8H10O2S.K/c1-2-7-3-5-8(6-4-7)11(9)10;/h3-6H,2H2,1H3,(H,9,10);/q;+1/p-1. The summed E-state index contributed by atoms with van der Waals surface area (Å²) < 4.78 is 20.8. The smallest absolute Gasteiger partial charge is 0.768 e. The number of benzene rings is 1. The molecule has 0 saturated carbocycles. The van der Waals surface area contributed by atoms with Crippen LogP contribution in [0.5, 0.6) is 0 Å². The Balaban J connectivity index is 0.00000121. The minimum atomic E-state index is -2.09. The van der Waals surface area contributed by atoms with Gasteiger partial charge in [0.05, 0.1) is 0 Å². The average Bonchev–Trinajstić information content (AvgIpc) is 2.05. The summed E-state index contributed by atoms with van der Waals surface area (Å²) in [7, 11) is 0. The summed E-state index contributed by atoms with van der Waals surface area (Å²) >= 11 is -2.09. The number of hydrogen-bond donors (Lipinski definition) is 0. The molecular weight excluding hydrogens is 199 g/mol. The maximum atomic E-state index is 10.4. The molecule has 0 spiro atoms. The molecular formula is C8H9KO2S. The van der Waals surface area contributed by atoms with Crippen molar-refractivity contribution in [3.63, 3.8) is 0 Å². The van der Waals surface area contributed by atoms with E-state index in [0.717, 1.165) is 12.0 Å². The van der Waals surface area contributed by atoms with Crippen LogP contribution < -0.4 is 51.4 Å². The van der Waals surface area contributed by atoms with Crippen LogP contribution >= 0.6 is 0 Å². The zero-order valence-corrected chi connectivity index (χ0v) is 11.2. The van der Waals surface area contributed by atoms with E-state index in [1.54, 1.807) is 12.1 Å². The van der Waals surface area contributed by atoms with Gasteiger partial charge in [-0.25, -0.2) is 0 Å². The molecule has 0 aliphatic carbocycles. The van der Waals surface area contributed by atoms with Crippen LogP contribution in [0, 0.1) is 0 Å². The van der Waals surface area contributed by atoms with Crippen molar-refractivity contribution < 1.29 is 60.1 Å².